The molecule has 0 atom stereocenters. The second-order valence-corrected chi connectivity index (χ2v) is 5.84. The number of rotatable bonds is 8. The Kier molecular flexibility index (Phi) is 6.04. The van der Waals surface area contributed by atoms with Crippen molar-refractivity contribution in [2.45, 2.75) is 65.3 Å². The van der Waals surface area contributed by atoms with Crippen LogP contribution in [0.5, 0.6) is 0 Å². The van der Waals surface area contributed by atoms with Crippen LogP contribution in [0.25, 0.3) is 10.8 Å². The molecule has 0 N–H and O–H groups in total. The zero-order chi connectivity index (χ0) is 15.1. The summed E-state index contributed by atoms with van der Waals surface area (Å²) in [4.78, 5) is 12.7. The fourth-order valence-electron chi connectivity index (χ4n) is 2.88. The van der Waals surface area contributed by atoms with Crippen molar-refractivity contribution >= 4 is 10.8 Å². The van der Waals surface area contributed by atoms with Gasteiger partial charge in [-0.25, -0.2) is 0 Å². The molecule has 0 saturated heterocycles. The molecule has 0 amide bonds. The summed E-state index contributed by atoms with van der Waals surface area (Å²) in [5.74, 6) is 0. The summed E-state index contributed by atoms with van der Waals surface area (Å²) < 4.78 is 2.02. The van der Waals surface area contributed by atoms with Gasteiger partial charge < -0.3 is 4.57 Å². The van der Waals surface area contributed by atoms with E-state index in [0.717, 1.165) is 30.2 Å². The highest BCUT2D eigenvalue weighted by molar-refractivity contribution is 5.81. The minimum absolute atomic E-state index is 0.190. The first kappa shape index (κ1) is 15.8. The molecule has 114 valence electrons. The maximum Gasteiger partial charge on any atom is 0.258 e. The molecule has 0 fully saturated rings. The van der Waals surface area contributed by atoms with Gasteiger partial charge in [-0.2, -0.15) is 0 Å². The van der Waals surface area contributed by atoms with Gasteiger partial charge in [0.25, 0.3) is 5.56 Å². The Morgan fingerprint density at radius 3 is 2.43 bits per heavy atom. The van der Waals surface area contributed by atoms with E-state index in [-0.39, 0.29) is 5.56 Å². The quantitative estimate of drug-likeness (QED) is 0.631. The molecular formula is C19H27NO. The van der Waals surface area contributed by atoms with Gasteiger partial charge in [0.2, 0.25) is 0 Å². The summed E-state index contributed by atoms with van der Waals surface area (Å²) in [6.07, 6.45) is 8.10. The van der Waals surface area contributed by atoms with Crippen molar-refractivity contribution in [3.05, 3.63) is 46.4 Å². The second-order valence-electron chi connectivity index (χ2n) is 5.84. The Morgan fingerprint density at radius 1 is 0.952 bits per heavy atom. The topological polar surface area (TPSA) is 22.0 Å². The first-order valence-corrected chi connectivity index (χ1v) is 8.39. The lowest BCUT2D eigenvalue weighted by molar-refractivity contribution is 0.560. The molecule has 0 bridgehead atoms. The lowest BCUT2D eigenvalue weighted by Gasteiger charge is -2.14. The van der Waals surface area contributed by atoms with E-state index in [0.29, 0.717) is 0 Å². The van der Waals surface area contributed by atoms with Crippen LogP contribution in [0.1, 0.15) is 58.1 Å². The molecule has 0 aliphatic carbocycles. The zero-order valence-corrected chi connectivity index (χ0v) is 13.4. The number of pyridine rings is 1. The van der Waals surface area contributed by atoms with Gasteiger partial charge in [-0.3, -0.25) is 4.79 Å². The predicted molar refractivity (Wildman–Crippen MR) is 91.0 cm³/mol. The molecule has 0 aliphatic heterocycles. The normalized spacial score (nSPS) is 11.1. The van der Waals surface area contributed by atoms with Crippen LogP contribution in [0.3, 0.4) is 0 Å². The molecule has 0 spiro atoms. The molecule has 2 heteroatoms. The van der Waals surface area contributed by atoms with E-state index >= 15 is 0 Å². The van der Waals surface area contributed by atoms with Crippen molar-refractivity contribution in [2.24, 2.45) is 0 Å². The Hall–Kier alpha value is -1.57. The highest BCUT2D eigenvalue weighted by Gasteiger charge is 2.08. The van der Waals surface area contributed by atoms with Gasteiger partial charge >= 0.3 is 0 Å². The smallest absolute Gasteiger partial charge is 0.258 e. The van der Waals surface area contributed by atoms with Crippen LogP contribution >= 0.6 is 0 Å². The van der Waals surface area contributed by atoms with Crippen LogP contribution in [0.15, 0.2) is 35.1 Å². The Balaban J connectivity index is 2.36. The number of hydrogen-bond acceptors (Lipinski definition) is 1. The Bertz CT molecular complexity index is 627. The predicted octanol–water partition coefficient (Wildman–Crippen LogP) is 4.92. The van der Waals surface area contributed by atoms with Gasteiger partial charge in [-0.15, -0.1) is 0 Å². The van der Waals surface area contributed by atoms with E-state index in [1.165, 1.54) is 37.8 Å². The van der Waals surface area contributed by atoms with Crippen molar-refractivity contribution in [3.8, 4) is 0 Å². The molecule has 0 saturated carbocycles. The molecule has 1 heterocycles. The molecule has 2 nitrogen and oxygen atoms in total. The van der Waals surface area contributed by atoms with Gasteiger partial charge in [-0.05, 0) is 36.8 Å². The molecule has 0 unspecified atom stereocenters. The summed E-state index contributed by atoms with van der Waals surface area (Å²) in [6, 6.07) is 10.2. The summed E-state index contributed by atoms with van der Waals surface area (Å²) in [5, 5.41) is 1.94. The number of aryl methyl sites for hydroxylation is 1. The lowest BCUT2D eigenvalue weighted by atomic mass is 10.1. The molecule has 1 aromatic heterocycles. The lowest BCUT2D eigenvalue weighted by Crippen LogP contribution is -2.24. The molecule has 0 aliphatic rings. The number of hydrogen-bond donors (Lipinski definition) is 0. The highest BCUT2D eigenvalue weighted by Crippen LogP contribution is 2.15. The number of unbranched alkanes of at least 4 members (excludes halogenated alkanes) is 4. The zero-order valence-electron chi connectivity index (χ0n) is 13.4. The van der Waals surface area contributed by atoms with Crippen molar-refractivity contribution in [2.75, 3.05) is 0 Å². The third kappa shape index (κ3) is 3.96. The highest BCUT2D eigenvalue weighted by atomic mass is 16.1. The van der Waals surface area contributed by atoms with E-state index in [1.54, 1.807) is 0 Å². The van der Waals surface area contributed by atoms with Crippen molar-refractivity contribution < 1.29 is 0 Å². The number of fused-ring (bicyclic) bond motifs is 1. The summed E-state index contributed by atoms with van der Waals surface area (Å²) in [6.45, 7) is 5.28. The maximum atomic E-state index is 12.7. The molecule has 0 radical (unpaired) electrons. The van der Waals surface area contributed by atoms with Crippen LogP contribution in [0.2, 0.25) is 0 Å². The van der Waals surface area contributed by atoms with E-state index in [1.807, 2.05) is 22.8 Å². The minimum atomic E-state index is 0.190. The van der Waals surface area contributed by atoms with Crippen molar-refractivity contribution in [1.29, 1.82) is 0 Å². The number of aromatic nitrogens is 1. The van der Waals surface area contributed by atoms with E-state index in [4.69, 9.17) is 0 Å². The Labute approximate surface area is 127 Å². The van der Waals surface area contributed by atoms with Gasteiger partial charge in [0.05, 0.1) is 0 Å². The van der Waals surface area contributed by atoms with Crippen molar-refractivity contribution in [1.82, 2.24) is 4.57 Å². The third-order valence-electron chi connectivity index (χ3n) is 4.13. The first-order chi connectivity index (χ1) is 10.3. The van der Waals surface area contributed by atoms with Crippen LogP contribution in [-0.4, -0.2) is 4.57 Å². The first-order valence-electron chi connectivity index (χ1n) is 8.39. The second kappa shape index (κ2) is 8.02. The minimum Gasteiger partial charge on any atom is -0.312 e. The van der Waals surface area contributed by atoms with Gasteiger partial charge in [0.1, 0.15) is 0 Å². The van der Waals surface area contributed by atoms with Crippen LogP contribution < -0.4 is 5.56 Å². The number of nitrogens with zero attached hydrogens (tertiary/aromatic N) is 1. The molecular weight excluding hydrogens is 258 g/mol. The summed E-state index contributed by atoms with van der Waals surface area (Å²) in [7, 11) is 0. The van der Waals surface area contributed by atoms with Crippen LogP contribution in [0.4, 0.5) is 0 Å². The van der Waals surface area contributed by atoms with Gasteiger partial charge in [0.15, 0.2) is 0 Å². The fraction of sp³-hybridized carbons (Fsp3) is 0.526. The van der Waals surface area contributed by atoms with E-state index < -0.39 is 0 Å². The molecule has 1 aromatic carbocycles. The van der Waals surface area contributed by atoms with Crippen LogP contribution in [-0.2, 0) is 13.0 Å². The molecule has 2 aromatic rings. The Morgan fingerprint density at radius 2 is 1.67 bits per heavy atom. The average molecular weight is 285 g/mol. The van der Waals surface area contributed by atoms with Crippen molar-refractivity contribution in [3.63, 3.8) is 0 Å². The van der Waals surface area contributed by atoms with E-state index in [2.05, 4.69) is 26.0 Å². The average Bonchev–Trinajstić information content (AvgIpc) is 2.50. The fourth-order valence-corrected chi connectivity index (χ4v) is 2.88. The third-order valence-corrected chi connectivity index (χ3v) is 4.13. The SMILES string of the molecule is CCCCCc1cc2ccccc2c(=O)n1CCCCC. The standard InChI is InChI=1S/C19H27NO/c1-3-5-7-12-17-15-16-11-8-9-13-18(16)19(21)20(17)14-10-6-4-2/h8-9,11,13,15H,3-7,10,12,14H2,1-2H3. The van der Waals surface area contributed by atoms with Gasteiger partial charge in [0, 0.05) is 17.6 Å². The monoisotopic (exact) mass is 285 g/mol. The van der Waals surface area contributed by atoms with Gasteiger partial charge in [-0.1, -0.05) is 57.7 Å². The number of benzene rings is 1. The molecule has 21 heavy (non-hydrogen) atoms. The van der Waals surface area contributed by atoms with E-state index in [9.17, 15) is 4.79 Å². The largest absolute Gasteiger partial charge is 0.312 e. The van der Waals surface area contributed by atoms with Crippen LogP contribution in [0, 0.1) is 0 Å². The molecule has 2 rings (SSSR count). The maximum absolute atomic E-state index is 12.7. The summed E-state index contributed by atoms with van der Waals surface area (Å²) >= 11 is 0. The summed E-state index contributed by atoms with van der Waals surface area (Å²) in [5.41, 5.74) is 1.40.